The quantitative estimate of drug-likeness (QED) is 0.919. The molecule has 1 aromatic heterocycles. The highest BCUT2D eigenvalue weighted by molar-refractivity contribution is 7.15. The predicted octanol–water partition coefficient (Wildman–Crippen LogP) is 3.37. The summed E-state index contributed by atoms with van der Waals surface area (Å²) in [6.45, 7) is 5.80. The molecule has 0 aliphatic carbocycles. The van der Waals surface area contributed by atoms with Crippen molar-refractivity contribution in [2.45, 2.75) is 26.2 Å². The van der Waals surface area contributed by atoms with Crippen LogP contribution in [-0.4, -0.2) is 10.9 Å². The van der Waals surface area contributed by atoms with Gasteiger partial charge in [-0.1, -0.05) is 30.3 Å². The van der Waals surface area contributed by atoms with Crippen molar-refractivity contribution in [1.82, 2.24) is 4.98 Å². The summed E-state index contributed by atoms with van der Waals surface area (Å²) >= 11 is 1.48. The van der Waals surface area contributed by atoms with Crippen LogP contribution < -0.4 is 5.32 Å². The number of carbonyl (C=O) groups excluding carboxylic acids is 1. The number of benzene rings is 1. The maximum atomic E-state index is 12.3. The zero-order chi connectivity index (χ0) is 13.2. The second-order valence-electron chi connectivity index (χ2n) is 4.72. The van der Waals surface area contributed by atoms with E-state index in [0.717, 1.165) is 10.4 Å². The Morgan fingerprint density at radius 1 is 1.28 bits per heavy atom. The number of anilines is 1. The summed E-state index contributed by atoms with van der Waals surface area (Å²) in [5.41, 5.74) is 0.427. The molecule has 0 aliphatic heterocycles. The maximum Gasteiger partial charge on any atom is 0.236 e. The molecule has 0 saturated heterocycles. The van der Waals surface area contributed by atoms with Gasteiger partial charge >= 0.3 is 0 Å². The third-order valence-corrected chi connectivity index (χ3v) is 3.73. The zero-order valence-electron chi connectivity index (χ0n) is 10.7. The number of hydrogen-bond donors (Lipinski definition) is 1. The predicted molar refractivity (Wildman–Crippen MR) is 74.9 cm³/mol. The molecule has 2 rings (SSSR count). The van der Waals surface area contributed by atoms with E-state index < -0.39 is 5.41 Å². The molecule has 0 spiro atoms. The minimum absolute atomic E-state index is 0.0388. The number of rotatable bonds is 3. The summed E-state index contributed by atoms with van der Waals surface area (Å²) in [4.78, 5) is 17.5. The number of amides is 1. The SMILES string of the molecule is Cc1cnc(NC(=O)C(C)(C)c2ccccc2)s1. The Kier molecular flexibility index (Phi) is 3.48. The molecule has 0 saturated carbocycles. The lowest BCUT2D eigenvalue weighted by Crippen LogP contribution is -2.34. The van der Waals surface area contributed by atoms with E-state index in [4.69, 9.17) is 0 Å². The van der Waals surface area contributed by atoms with Gasteiger partial charge < -0.3 is 5.32 Å². The van der Waals surface area contributed by atoms with Crippen LogP contribution >= 0.6 is 11.3 Å². The van der Waals surface area contributed by atoms with E-state index in [1.54, 1.807) is 6.20 Å². The monoisotopic (exact) mass is 260 g/mol. The first-order valence-electron chi connectivity index (χ1n) is 5.79. The highest BCUT2D eigenvalue weighted by atomic mass is 32.1. The Morgan fingerprint density at radius 2 is 1.94 bits per heavy atom. The van der Waals surface area contributed by atoms with Gasteiger partial charge in [-0.05, 0) is 26.3 Å². The van der Waals surface area contributed by atoms with E-state index in [0.29, 0.717) is 5.13 Å². The zero-order valence-corrected chi connectivity index (χ0v) is 11.5. The largest absolute Gasteiger partial charge is 0.301 e. The minimum atomic E-state index is -0.569. The summed E-state index contributed by atoms with van der Waals surface area (Å²) in [6.07, 6.45) is 1.76. The Bertz CT molecular complexity index is 546. The molecular formula is C14H16N2OS. The van der Waals surface area contributed by atoms with Gasteiger partial charge in [0.15, 0.2) is 5.13 Å². The fourth-order valence-corrected chi connectivity index (χ4v) is 2.31. The fourth-order valence-electron chi connectivity index (χ4n) is 1.65. The van der Waals surface area contributed by atoms with Gasteiger partial charge in [-0.3, -0.25) is 4.79 Å². The van der Waals surface area contributed by atoms with Crippen LogP contribution in [-0.2, 0) is 10.2 Å². The number of nitrogens with one attached hydrogen (secondary N) is 1. The van der Waals surface area contributed by atoms with Gasteiger partial charge in [-0.15, -0.1) is 11.3 Å². The highest BCUT2D eigenvalue weighted by Gasteiger charge is 2.30. The molecule has 2 aromatic rings. The normalized spacial score (nSPS) is 11.3. The number of hydrogen-bond acceptors (Lipinski definition) is 3. The van der Waals surface area contributed by atoms with Crippen molar-refractivity contribution in [3.8, 4) is 0 Å². The first-order chi connectivity index (χ1) is 8.50. The molecule has 4 heteroatoms. The third-order valence-electron chi connectivity index (χ3n) is 2.90. The number of aryl methyl sites for hydroxylation is 1. The van der Waals surface area contributed by atoms with Gasteiger partial charge in [0.1, 0.15) is 0 Å². The van der Waals surface area contributed by atoms with Gasteiger partial charge in [0.2, 0.25) is 5.91 Å². The van der Waals surface area contributed by atoms with E-state index >= 15 is 0 Å². The first kappa shape index (κ1) is 12.8. The molecular weight excluding hydrogens is 244 g/mol. The topological polar surface area (TPSA) is 42.0 Å². The summed E-state index contributed by atoms with van der Waals surface area (Å²) < 4.78 is 0. The molecule has 18 heavy (non-hydrogen) atoms. The second-order valence-corrected chi connectivity index (χ2v) is 5.96. The second kappa shape index (κ2) is 4.90. The van der Waals surface area contributed by atoms with Crippen LogP contribution in [0.1, 0.15) is 24.3 Å². The van der Waals surface area contributed by atoms with E-state index in [1.165, 1.54) is 11.3 Å². The molecule has 0 radical (unpaired) electrons. The van der Waals surface area contributed by atoms with E-state index in [1.807, 2.05) is 51.1 Å². The summed E-state index contributed by atoms with van der Waals surface area (Å²) in [7, 11) is 0. The third kappa shape index (κ3) is 2.59. The smallest absolute Gasteiger partial charge is 0.236 e. The molecule has 3 nitrogen and oxygen atoms in total. The lowest BCUT2D eigenvalue weighted by molar-refractivity contribution is -0.120. The average molecular weight is 260 g/mol. The van der Waals surface area contributed by atoms with Crippen LogP contribution in [0.4, 0.5) is 5.13 Å². The lowest BCUT2D eigenvalue weighted by Gasteiger charge is -2.23. The molecule has 1 N–H and O–H groups in total. The van der Waals surface area contributed by atoms with Gasteiger partial charge in [0.25, 0.3) is 0 Å². The van der Waals surface area contributed by atoms with Crippen LogP contribution in [0.2, 0.25) is 0 Å². The molecule has 0 unspecified atom stereocenters. The van der Waals surface area contributed by atoms with Crippen LogP contribution in [0.5, 0.6) is 0 Å². The van der Waals surface area contributed by atoms with Gasteiger partial charge in [0.05, 0.1) is 5.41 Å². The van der Waals surface area contributed by atoms with Gasteiger partial charge in [-0.25, -0.2) is 4.98 Å². The van der Waals surface area contributed by atoms with E-state index in [2.05, 4.69) is 10.3 Å². The van der Waals surface area contributed by atoms with Crippen molar-refractivity contribution >= 4 is 22.4 Å². The summed E-state index contributed by atoms with van der Waals surface area (Å²) in [5, 5.41) is 3.52. The van der Waals surface area contributed by atoms with Crippen LogP contribution in [0.25, 0.3) is 0 Å². The molecule has 0 fully saturated rings. The standard InChI is InChI=1S/C14H16N2OS/c1-10-9-15-13(18-10)16-12(17)14(2,3)11-7-5-4-6-8-11/h4-9H,1-3H3,(H,15,16,17). The maximum absolute atomic E-state index is 12.3. The van der Waals surface area contributed by atoms with Gasteiger partial charge in [0, 0.05) is 11.1 Å². The van der Waals surface area contributed by atoms with E-state index in [-0.39, 0.29) is 5.91 Å². The number of aromatic nitrogens is 1. The Hall–Kier alpha value is -1.68. The summed E-state index contributed by atoms with van der Waals surface area (Å²) in [5.74, 6) is -0.0388. The Labute approximate surface area is 111 Å². The molecule has 1 amide bonds. The molecule has 0 aliphatic rings. The molecule has 94 valence electrons. The van der Waals surface area contributed by atoms with Crippen molar-refractivity contribution in [3.05, 3.63) is 47.0 Å². The number of thiazole rings is 1. The highest BCUT2D eigenvalue weighted by Crippen LogP contribution is 2.26. The lowest BCUT2D eigenvalue weighted by atomic mass is 9.84. The van der Waals surface area contributed by atoms with Gasteiger partial charge in [-0.2, -0.15) is 0 Å². The van der Waals surface area contributed by atoms with Crippen molar-refractivity contribution in [3.63, 3.8) is 0 Å². The van der Waals surface area contributed by atoms with Crippen molar-refractivity contribution in [2.75, 3.05) is 5.32 Å². The van der Waals surface area contributed by atoms with Crippen LogP contribution in [0.3, 0.4) is 0 Å². The van der Waals surface area contributed by atoms with Crippen LogP contribution in [0, 0.1) is 6.92 Å². The number of nitrogens with zero attached hydrogens (tertiary/aromatic N) is 1. The summed E-state index contributed by atoms with van der Waals surface area (Å²) in [6, 6.07) is 9.76. The molecule has 1 heterocycles. The van der Waals surface area contributed by atoms with Crippen molar-refractivity contribution < 1.29 is 4.79 Å². The average Bonchev–Trinajstić information content (AvgIpc) is 2.76. The van der Waals surface area contributed by atoms with Crippen molar-refractivity contribution in [1.29, 1.82) is 0 Å². The Balaban J connectivity index is 2.18. The van der Waals surface area contributed by atoms with Crippen molar-refractivity contribution in [2.24, 2.45) is 0 Å². The number of carbonyl (C=O) groups is 1. The Morgan fingerprint density at radius 3 is 2.50 bits per heavy atom. The molecule has 0 bridgehead atoms. The first-order valence-corrected chi connectivity index (χ1v) is 6.61. The fraction of sp³-hybridized carbons (Fsp3) is 0.286. The minimum Gasteiger partial charge on any atom is -0.301 e. The van der Waals surface area contributed by atoms with E-state index in [9.17, 15) is 4.79 Å². The molecule has 0 atom stereocenters. The van der Waals surface area contributed by atoms with Crippen LogP contribution in [0.15, 0.2) is 36.5 Å². The molecule has 1 aromatic carbocycles.